The van der Waals surface area contributed by atoms with Crippen molar-refractivity contribution in [2.45, 2.75) is 50.9 Å². The molecule has 128 valence electrons. The molecular formula is C17H22N4OS2. The Morgan fingerprint density at radius 3 is 3.00 bits per heavy atom. The number of thioether (sulfide) groups is 1. The molecule has 1 aliphatic carbocycles. The second-order valence-electron chi connectivity index (χ2n) is 5.87. The van der Waals surface area contributed by atoms with E-state index in [-0.39, 0.29) is 5.91 Å². The quantitative estimate of drug-likeness (QED) is 0.577. The summed E-state index contributed by atoms with van der Waals surface area (Å²) in [6, 6.07) is 0.389. The van der Waals surface area contributed by atoms with Crippen LogP contribution in [-0.4, -0.2) is 32.5 Å². The van der Waals surface area contributed by atoms with Crippen LogP contribution in [0.3, 0.4) is 0 Å². The van der Waals surface area contributed by atoms with Gasteiger partial charge in [0.05, 0.1) is 5.75 Å². The van der Waals surface area contributed by atoms with Crippen molar-refractivity contribution in [1.29, 1.82) is 0 Å². The molecule has 1 aliphatic rings. The Bertz CT molecular complexity index is 746. The average Bonchev–Trinajstić information content (AvgIpc) is 3.17. The van der Waals surface area contributed by atoms with Crippen LogP contribution in [-0.2, 0) is 17.8 Å². The fraction of sp³-hybridized carbons (Fsp3) is 0.471. The number of aromatic nitrogens is 3. The van der Waals surface area contributed by atoms with E-state index in [4.69, 9.17) is 0 Å². The van der Waals surface area contributed by atoms with E-state index in [0.29, 0.717) is 18.3 Å². The van der Waals surface area contributed by atoms with Gasteiger partial charge in [0.25, 0.3) is 0 Å². The maximum atomic E-state index is 11.9. The summed E-state index contributed by atoms with van der Waals surface area (Å²) >= 11 is 3.17. The Morgan fingerprint density at radius 2 is 2.33 bits per heavy atom. The van der Waals surface area contributed by atoms with Crippen LogP contribution in [0.1, 0.15) is 30.2 Å². The molecular weight excluding hydrogens is 340 g/mol. The average molecular weight is 363 g/mol. The van der Waals surface area contributed by atoms with Gasteiger partial charge in [-0.15, -0.1) is 28.1 Å². The van der Waals surface area contributed by atoms with Gasteiger partial charge in [-0.05, 0) is 31.7 Å². The summed E-state index contributed by atoms with van der Waals surface area (Å²) in [6.45, 7) is 8.77. The molecule has 0 saturated heterocycles. The molecule has 0 radical (unpaired) electrons. The number of hydrogen-bond acceptors (Lipinski definition) is 5. The molecule has 2 heterocycles. The highest BCUT2D eigenvalue weighted by Crippen LogP contribution is 2.32. The molecule has 0 aliphatic heterocycles. The fourth-order valence-corrected chi connectivity index (χ4v) is 4.32. The van der Waals surface area contributed by atoms with Crippen molar-refractivity contribution >= 4 is 29.0 Å². The first-order chi connectivity index (χ1) is 11.6. The number of aryl methyl sites for hydroxylation is 1. The number of nitrogens with one attached hydrogen (secondary N) is 1. The van der Waals surface area contributed by atoms with Gasteiger partial charge in [0.1, 0.15) is 0 Å². The molecule has 3 rings (SSSR count). The van der Waals surface area contributed by atoms with E-state index in [1.165, 1.54) is 22.2 Å². The van der Waals surface area contributed by atoms with Gasteiger partial charge in [-0.25, -0.2) is 0 Å². The number of carbonyl (C=O) groups is 1. The van der Waals surface area contributed by atoms with E-state index in [2.05, 4.69) is 41.3 Å². The fourth-order valence-electron chi connectivity index (χ4n) is 2.62. The molecule has 0 bridgehead atoms. The van der Waals surface area contributed by atoms with Crippen LogP contribution in [0.4, 0.5) is 0 Å². The lowest BCUT2D eigenvalue weighted by Gasteiger charge is -2.08. The van der Waals surface area contributed by atoms with E-state index < -0.39 is 0 Å². The lowest BCUT2D eigenvalue weighted by atomic mass is 10.1. The zero-order chi connectivity index (χ0) is 17.1. The van der Waals surface area contributed by atoms with Gasteiger partial charge >= 0.3 is 0 Å². The van der Waals surface area contributed by atoms with E-state index in [9.17, 15) is 4.79 Å². The number of nitrogens with zero attached hydrogens (tertiary/aromatic N) is 3. The van der Waals surface area contributed by atoms with Crippen molar-refractivity contribution in [3.05, 3.63) is 28.5 Å². The highest BCUT2D eigenvalue weighted by atomic mass is 32.2. The van der Waals surface area contributed by atoms with Crippen molar-refractivity contribution in [2.24, 2.45) is 0 Å². The summed E-state index contributed by atoms with van der Waals surface area (Å²) in [5.41, 5.74) is 2.46. The van der Waals surface area contributed by atoms with Crippen molar-refractivity contribution < 1.29 is 4.79 Å². The molecule has 2 aromatic rings. The molecule has 7 heteroatoms. The van der Waals surface area contributed by atoms with Crippen LogP contribution in [0.5, 0.6) is 0 Å². The third kappa shape index (κ3) is 3.72. The number of amides is 1. The smallest absolute Gasteiger partial charge is 0.230 e. The third-order valence-corrected chi connectivity index (χ3v) is 5.92. The van der Waals surface area contributed by atoms with Crippen molar-refractivity contribution in [2.75, 3.05) is 5.75 Å². The van der Waals surface area contributed by atoms with Gasteiger partial charge in [-0.3, -0.25) is 9.36 Å². The molecule has 2 aromatic heterocycles. The van der Waals surface area contributed by atoms with E-state index in [1.54, 1.807) is 11.3 Å². The predicted octanol–water partition coefficient (Wildman–Crippen LogP) is 3.43. The molecule has 0 aromatic carbocycles. The van der Waals surface area contributed by atoms with Crippen LogP contribution in [0.15, 0.2) is 23.2 Å². The standard InChI is InChI=1S/C17H22N4OS2/c1-4-8-21-16(14-9-23-11(3)13(14)5-2)19-20-17(21)24-10-15(22)18-12-6-7-12/h4,9,12H,1,5-8,10H2,2-3H3,(H,18,22). The monoisotopic (exact) mass is 362 g/mol. The molecule has 1 fully saturated rings. The second-order valence-corrected chi connectivity index (χ2v) is 7.90. The number of rotatable bonds is 8. The predicted molar refractivity (Wildman–Crippen MR) is 99.5 cm³/mol. The molecule has 1 amide bonds. The Morgan fingerprint density at radius 1 is 1.54 bits per heavy atom. The summed E-state index contributed by atoms with van der Waals surface area (Å²) in [5.74, 6) is 1.30. The Labute approximate surface area is 150 Å². The van der Waals surface area contributed by atoms with E-state index in [0.717, 1.165) is 35.8 Å². The van der Waals surface area contributed by atoms with Gasteiger partial charge in [0.2, 0.25) is 5.91 Å². The van der Waals surface area contributed by atoms with Crippen LogP contribution in [0, 0.1) is 6.92 Å². The van der Waals surface area contributed by atoms with Crippen molar-refractivity contribution in [1.82, 2.24) is 20.1 Å². The van der Waals surface area contributed by atoms with Gasteiger partial charge in [-0.1, -0.05) is 24.8 Å². The molecule has 0 spiro atoms. The first-order valence-electron chi connectivity index (χ1n) is 8.17. The number of hydrogen-bond donors (Lipinski definition) is 1. The van der Waals surface area contributed by atoms with Gasteiger partial charge in [-0.2, -0.15) is 0 Å². The minimum Gasteiger partial charge on any atom is -0.353 e. The third-order valence-electron chi connectivity index (χ3n) is 4.00. The normalized spacial score (nSPS) is 13.9. The molecule has 0 unspecified atom stereocenters. The van der Waals surface area contributed by atoms with Crippen molar-refractivity contribution in [3.8, 4) is 11.4 Å². The SMILES string of the molecule is C=CCn1c(SCC(=O)NC2CC2)nnc1-c1csc(C)c1CC. The summed E-state index contributed by atoms with van der Waals surface area (Å²) in [6.07, 6.45) is 5.01. The molecule has 1 saturated carbocycles. The Kier molecular flexibility index (Phi) is 5.40. The van der Waals surface area contributed by atoms with Gasteiger partial charge in [0.15, 0.2) is 11.0 Å². The summed E-state index contributed by atoms with van der Waals surface area (Å²) in [4.78, 5) is 13.2. The number of thiophene rings is 1. The number of allylic oxidation sites excluding steroid dienone is 1. The van der Waals surface area contributed by atoms with Gasteiger partial charge < -0.3 is 5.32 Å². The molecule has 5 nitrogen and oxygen atoms in total. The highest BCUT2D eigenvalue weighted by molar-refractivity contribution is 7.99. The van der Waals surface area contributed by atoms with Gasteiger partial charge in [0, 0.05) is 28.4 Å². The lowest BCUT2D eigenvalue weighted by molar-refractivity contribution is -0.118. The highest BCUT2D eigenvalue weighted by Gasteiger charge is 2.24. The summed E-state index contributed by atoms with van der Waals surface area (Å²) < 4.78 is 2.04. The minimum absolute atomic E-state index is 0.0674. The maximum absolute atomic E-state index is 11.9. The van der Waals surface area contributed by atoms with Crippen LogP contribution < -0.4 is 5.32 Å². The second kappa shape index (κ2) is 7.53. The topological polar surface area (TPSA) is 59.8 Å². The molecule has 0 atom stereocenters. The number of carbonyl (C=O) groups excluding carboxylic acids is 1. The lowest BCUT2D eigenvalue weighted by Crippen LogP contribution is -2.27. The molecule has 24 heavy (non-hydrogen) atoms. The van der Waals surface area contributed by atoms with E-state index in [1.807, 2.05) is 10.6 Å². The largest absolute Gasteiger partial charge is 0.353 e. The molecule has 1 N–H and O–H groups in total. The van der Waals surface area contributed by atoms with Crippen LogP contribution >= 0.6 is 23.1 Å². The Hall–Kier alpha value is -1.60. The first-order valence-corrected chi connectivity index (χ1v) is 10.0. The van der Waals surface area contributed by atoms with E-state index >= 15 is 0 Å². The maximum Gasteiger partial charge on any atom is 0.230 e. The van der Waals surface area contributed by atoms with Crippen LogP contribution in [0.2, 0.25) is 0 Å². The zero-order valence-corrected chi connectivity index (χ0v) is 15.7. The summed E-state index contributed by atoms with van der Waals surface area (Å²) in [5, 5.41) is 14.6. The minimum atomic E-state index is 0.0674. The zero-order valence-electron chi connectivity index (χ0n) is 14.0. The van der Waals surface area contributed by atoms with Crippen molar-refractivity contribution in [3.63, 3.8) is 0 Å². The Balaban J connectivity index is 1.81. The first kappa shape index (κ1) is 17.2. The van der Waals surface area contributed by atoms with Crippen LogP contribution in [0.25, 0.3) is 11.4 Å². The summed E-state index contributed by atoms with van der Waals surface area (Å²) in [7, 11) is 0.